The standard InChI is InChI=1S/C22H22N6O14/c29-21-15-9-13(25(31)32)11-17(27(35)36)19(15)23-1-2-24-20-16(10-14(26(33)34)12-18(20)28(37)38)22(30)42-8-6-40-4-3-39-5-7-41-21/h9-12,23-24H,1-8H2. The number of cyclic esters (lactones) is 2. The van der Waals surface area contributed by atoms with Gasteiger partial charge in [-0.1, -0.05) is 0 Å². The van der Waals surface area contributed by atoms with Crippen LogP contribution in [0.1, 0.15) is 20.7 Å². The predicted octanol–water partition coefficient (Wildman–Crippen LogP) is 2.20. The van der Waals surface area contributed by atoms with E-state index in [-0.39, 0.29) is 52.7 Å². The number of nitro benzene ring substituents is 4. The monoisotopic (exact) mass is 594 g/mol. The van der Waals surface area contributed by atoms with Gasteiger partial charge in [-0.25, -0.2) is 9.59 Å². The summed E-state index contributed by atoms with van der Waals surface area (Å²) in [5.41, 5.74) is -5.17. The van der Waals surface area contributed by atoms with Crippen molar-refractivity contribution in [3.05, 3.63) is 75.8 Å². The molecule has 3 rings (SSSR count). The molecule has 0 radical (unpaired) electrons. The van der Waals surface area contributed by atoms with Gasteiger partial charge in [0.1, 0.15) is 24.6 Å². The molecule has 0 fully saturated rings. The number of non-ortho nitro benzene ring substituents is 2. The van der Waals surface area contributed by atoms with Gasteiger partial charge in [-0.3, -0.25) is 40.5 Å². The number of hydrogen-bond donors (Lipinski definition) is 2. The van der Waals surface area contributed by atoms with E-state index in [0.29, 0.717) is 12.1 Å². The van der Waals surface area contributed by atoms with Crippen molar-refractivity contribution < 1.29 is 48.2 Å². The number of nitro groups is 4. The number of carbonyl (C=O) groups excluding carboxylic acids is 2. The topological polar surface area (TPSA) is 268 Å². The third kappa shape index (κ3) is 7.79. The molecule has 0 atom stereocenters. The number of rotatable bonds is 4. The smallest absolute Gasteiger partial charge is 0.340 e. The number of carbonyl (C=O) groups is 2. The summed E-state index contributed by atoms with van der Waals surface area (Å²) in [7, 11) is 0. The number of hydrogen-bond acceptors (Lipinski definition) is 16. The van der Waals surface area contributed by atoms with Crippen molar-refractivity contribution in [2.45, 2.75) is 0 Å². The predicted molar refractivity (Wildman–Crippen MR) is 139 cm³/mol. The van der Waals surface area contributed by atoms with E-state index in [1.807, 2.05) is 0 Å². The molecule has 20 nitrogen and oxygen atoms in total. The maximum Gasteiger partial charge on any atom is 0.340 e. The van der Waals surface area contributed by atoms with Crippen LogP contribution in [-0.4, -0.2) is 84.4 Å². The number of ether oxygens (including phenoxy) is 4. The summed E-state index contributed by atoms with van der Waals surface area (Å²) < 4.78 is 20.6. The van der Waals surface area contributed by atoms with Gasteiger partial charge in [0.25, 0.3) is 22.7 Å². The SMILES string of the molecule is O=C1OCCOCCOCCOC(=O)c2cc([N+](=O)[O-])cc([N+](=O)[O-])c2NCCNc2c1cc([N+](=O)[O-])cc2[N+](=O)[O-]. The third-order valence-electron chi connectivity index (χ3n) is 5.48. The molecule has 0 aliphatic carbocycles. The fourth-order valence-electron chi connectivity index (χ4n) is 3.66. The minimum atomic E-state index is -1.14. The maximum atomic E-state index is 12.8. The lowest BCUT2D eigenvalue weighted by atomic mass is 10.1. The van der Waals surface area contributed by atoms with Crippen LogP contribution in [0.25, 0.3) is 0 Å². The van der Waals surface area contributed by atoms with E-state index in [0.717, 1.165) is 12.1 Å². The van der Waals surface area contributed by atoms with Crippen molar-refractivity contribution in [1.82, 2.24) is 0 Å². The summed E-state index contributed by atoms with van der Waals surface area (Å²) in [6.45, 7) is -1.40. The van der Waals surface area contributed by atoms with Gasteiger partial charge in [-0.2, -0.15) is 0 Å². The zero-order chi connectivity index (χ0) is 30.8. The van der Waals surface area contributed by atoms with Crippen molar-refractivity contribution >= 4 is 46.1 Å². The molecule has 1 aliphatic rings. The van der Waals surface area contributed by atoms with E-state index in [9.17, 15) is 50.0 Å². The largest absolute Gasteiger partial charge is 0.460 e. The lowest BCUT2D eigenvalue weighted by molar-refractivity contribution is -0.393. The van der Waals surface area contributed by atoms with Crippen molar-refractivity contribution in [2.75, 3.05) is 63.4 Å². The molecule has 0 aromatic heterocycles. The molecule has 2 N–H and O–H groups in total. The van der Waals surface area contributed by atoms with Gasteiger partial charge in [-0.15, -0.1) is 0 Å². The van der Waals surface area contributed by atoms with Gasteiger partial charge in [0.2, 0.25) is 0 Å². The molecule has 0 saturated heterocycles. The Morgan fingerprint density at radius 2 is 0.905 bits per heavy atom. The molecule has 20 heteroatoms. The summed E-state index contributed by atoms with van der Waals surface area (Å²) in [6, 6.07) is 2.81. The Morgan fingerprint density at radius 1 is 0.548 bits per heavy atom. The van der Waals surface area contributed by atoms with Crippen LogP contribution in [0.2, 0.25) is 0 Å². The molecule has 0 amide bonds. The Kier molecular flexibility index (Phi) is 10.5. The Bertz CT molecular complexity index is 1310. The number of nitrogens with one attached hydrogen (secondary N) is 2. The molecular formula is C22H22N6O14. The van der Waals surface area contributed by atoms with Gasteiger partial charge >= 0.3 is 11.9 Å². The van der Waals surface area contributed by atoms with Crippen molar-refractivity contribution in [1.29, 1.82) is 0 Å². The Labute approximate surface area is 234 Å². The van der Waals surface area contributed by atoms with Crippen LogP contribution in [0.5, 0.6) is 0 Å². The average molecular weight is 594 g/mol. The lowest BCUT2D eigenvalue weighted by Gasteiger charge is -2.15. The Hall–Kier alpha value is -5.50. The van der Waals surface area contributed by atoms with E-state index < -0.39 is 76.9 Å². The van der Waals surface area contributed by atoms with Crippen molar-refractivity contribution in [2.24, 2.45) is 0 Å². The second-order valence-corrected chi connectivity index (χ2v) is 8.15. The van der Waals surface area contributed by atoms with Crippen LogP contribution < -0.4 is 10.6 Å². The first-order valence-corrected chi connectivity index (χ1v) is 11.9. The second kappa shape index (κ2) is 14.2. The minimum absolute atomic E-state index is 0.0196. The number of benzene rings is 2. The molecule has 0 unspecified atom stereocenters. The third-order valence-corrected chi connectivity index (χ3v) is 5.48. The number of esters is 2. The summed E-state index contributed by atoms with van der Waals surface area (Å²) >= 11 is 0. The highest BCUT2D eigenvalue weighted by atomic mass is 16.6. The van der Waals surface area contributed by atoms with E-state index in [2.05, 4.69) is 10.6 Å². The van der Waals surface area contributed by atoms with Crippen molar-refractivity contribution in [3.63, 3.8) is 0 Å². The number of anilines is 2. The molecule has 0 bridgehead atoms. The van der Waals surface area contributed by atoms with E-state index in [4.69, 9.17) is 18.9 Å². The van der Waals surface area contributed by atoms with Crippen LogP contribution in [-0.2, 0) is 18.9 Å². The molecule has 224 valence electrons. The van der Waals surface area contributed by atoms with Crippen LogP contribution in [0, 0.1) is 40.5 Å². The molecule has 1 aliphatic heterocycles. The fourth-order valence-corrected chi connectivity index (χ4v) is 3.66. The lowest BCUT2D eigenvalue weighted by Crippen LogP contribution is -2.21. The molecule has 0 spiro atoms. The molecular weight excluding hydrogens is 572 g/mol. The highest BCUT2D eigenvalue weighted by molar-refractivity contribution is 6.00. The molecule has 1 heterocycles. The van der Waals surface area contributed by atoms with Crippen LogP contribution in [0.4, 0.5) is 34.1 Å². The molecule has 42 heavy (non-hydrogen) atoms. The highest BCUT2D eigenvalue weighted by Gasteiger charge is 2.30. The Morgan fingerprint density at radius 3 is 1.24 bits per heavy atom. The summed E-state index contributed by atoms with van der Waals surface area (Å²) in [5, 5.41) is 51.3. The van der Waals surface area contributed by atoms with E-state index in [1.54, 1.807) is 0 Å². The normalized spacial score (nSPS) is 15.3. The first kappa shape index (κ1) is 31.0. The molecule has 2 aromatic carbocycles. The van der Waals surface area contributed by atoms with Gasteiger partial charge in [-0.05, 0) is 0 Å². The molecule has 2 aromatic rings. The zero-order valence-corrected chi connectivity index (χ0v) is 21.5. The number of nitrogens with zero attached hydrogens (tertiary/aromatic N) is 4. The average Bonchev–Trinajstić information content (AvgIpc) is 2.94. The first-order valence-electron chi connectivity index (χ1n) is 11.9. The molecule has 0 saturated carbocycles. The quantitative estimate of drug-likeness (QED) is 0.291. The van der Waals surface area contributed by atoms with Crippen LogP contribution in [0.15, 0.2) is 24.3 Å². The summed E-state index contributed by atoms with van der Waals surface area (Å²) in [6.07, 6.45) is 0. The van der Waals surface area contributed by atoms with Gasteiger partial charge < -0.3 is 29.6 Å². The zero-order valence-electron chi connectivity index (χ0n) is 21.5. The fraction of sp³-hybridized carbons (Fsp3) is 0.364. The van der Waals surface area contributed by atoms with Gasteiger partial charge in [0.05, 0.1) is 69.4 Å². The second-order valence-electron chi connectivity index (χ2n) is 8.15. The highest BCUT2D eigenvalue weighted by Crippen LogP contribution is 2.35. The first-order chi connectivity index (χ1) is 20.0. The minimum Gasteiger partial charge on any atom is -0.460 e. The maximum absolute atomic E-state index is 12.8. The summed E-state index contributed by atoms with van der Waals surface area (Å²) in [4.78, 5) is 67.8. The van der Waals surface area contributed by atoms with Crippen molar-refractivity contribution in [3.8, 4) is 0 Å². The summed E-state index contributed by atoms with van der Waals surface area (Å²) in [5.74, 6) is -2.27. The number of fused-ring (bicyclic) bond motifs is 2. The van der Waals surface area contributed by atoms with E-state index in [1.165, 1.54) is 0 Å². The Balaban J connectivity index is 2.02. The van der Waals surface area contributed by atoms with Gasteiger partial charge in [0.15, 0.2) is 0 Å². The van der Waals surface area contributed by atoms with Crippen LogP contribution >= 0.6 is 0 Å². The van der Waals surface area contributed by atoms with E-state index >= 15 is 0 Å². The van der Waals surface area contributed by atoms with Crippen LogP contribution in [0.3, 0.4) is 0 Å². The van der Waals surface area contributed by atoms with Gasteiger partial charge in [0, 0.05) is 25.2 Å².